The van der Waals surface area contributed by atoms with E-state index in [-0.39, 0.29) is 23.7 Å². The minimum absolute atomic E-state index is 0.152. The standard InChI is InChI=1S/C14H18FN5O2S/c1-9-3-2-4-20(8-9)14(22)13(21)18-11-7-17-6-10(5-16)12(11)19-23-15/h5-7,9,16H,2-4,8H2,1H3,(H,17,19)(H,18,21). The number of amides is 2. The molecule has 1 saturated heterocycles. The number of carbonyl (C=O) groups is 2. The van der Waals surface area contributed by atoms with Crippen molar-refractivity contribution in [1.29, 1.82) is 5.41 Å². The van der Waals surface area contributed by atoms with E-state index in [9.17, 15) is 13.5 Å². The number of carbonyl (C=O) groups excluding carboxylic acids is 2. The van der Waals surface area contributed by atoms with E-state index in [0.717, 1.165) is 19.1 Å². The minimum atomic E-state index is -0.796. The zero-order valence-electron chi connectivity index (χ0n) is 12.6. The first-order valence-electron chi connectivity index (χ1n) is 7.19. The molecular weight excluding hydrogens is 321 g/mol. The number of halogens is 1. The van der Waals surface area contributed by atoms with Gasteiger partial charge in [0, 0.05) is 31.1 Å². The number of piperidine rings is 1. The third kappa shape index (κ3) is 4.19. The fraction of sp³-hybridized carbons (Fsp3) is 0.429. The predicted molar refractivity (Wildman–Crippen MR) is 88.1 cm³/mol. The summed E-state index contributed by atoms with van der Waals surface area (Å²) in [6.45, 7) is 3.15. The van der Waals surface area contributed by atoms with Crippen LogP contribution in [0.25, 0.3) is 0 Å². The molecule has 3 N–H and O–H groups in total. The Hall–Kier alpha value is -2.16. The lowest BCUT2D eigenvalue weighted by atomic mass is 10.0. The Labute approximate surface area is 138 Å². The zero-order chi connectivity index (χ0) is 16.8. The van der Waals surface area contributed by atoms with Gasteiger partial charge in [0.05, 0.1) is 17.6 Å². The van der Waals surface area contributed by atoms with Crippen LogP contribution in [0.4, 0.5) is 15.3 Å². The van der Waals surface area contributed by atoms with Crippen molar-refractivity contribution in [2.75, 3.05) is 23.1 Å². The molecule has 0 spiro atoms. The largest absolute Gasteiger partial charge is 0.334 e. The van der Waals surface area contributed by atoms with Crippen LogP contribution >= 0.6 is 12.3 Å². The topological polar surface area (TPSA) is 98.2 Å². The second-order valence-electron chi connectivity index (χ2n) is 5.43. The molecule has 2 heterocycles. The van der Waals surface area contributed by atoms with Gasteiger partial charge in [-0.2, -0.15) is 0 Å². The van der Waals surface area contributed by atoms with E-state index in [0.29, 0.717) is 24.6 Å². The van der Waals surface area contributed by atoms with Crippen molar-refractivity contribution in [1.82, 2.24) is 9.88 Å². The summed E-state index contributed by atoms with van der Waals surface area (Å²) in [5, 5.41) is 9.73. The van der Waals surface area contributed by atoms with Crippen molar-refractivity contribution in [2.24, 2.45) is 5.92 Å². The van der Waals surface area contributed by atoms with Crippen LogP contribution < -0.4 is 10.0 Å². The van der Waals surface area contributed by atoms with Crippen LogP contribution in [0.15, 0.2) is 12.4 Å². The molecule has 23 heavy (non-hydrogen) atoms. The Morgan fingerprint density at radius 2 is 2.30 bits per heavy atom. The first kappa shape index (κ1) is 17.2. The Morgan fingerprint density at radius 3 is 2.96 bits per heavy atom. The monoisotopic (exact) mass is 339 g/mol. The lowest BCUT2D eigenvalue weighted by Gasteiger charge is -2.30. The van der Waals surface area contributed by atoms with Crippen LogP contribution in [0.2, 0.25) is 0 Å². The van der Waals surface area contributed by atoms with E-state index in [1.54, 1.807) is 0 Å². The lowest BCUT2D eigenvalue weighted by molar-refractivity contribution is -0.144. The Morgan fingerprint density at radius 1 is 1.52 bits per heavy atom. The number of rotatable bonds is 4. The van der Waals surface area contributed by atoms with Gasteiger partial charge in [0.15, 0.2) is 12.3 Å². The highest BCUT2D eigenvalue weighted by molar-refractivity contribution is 7.95. The number of nitrogens with zero attached hydrogens (tertiary/aromatic N) is 2. The first-order valence-corrected chi connectivity index (χ1v) is 7.90. The molecule has 0 aromatic carbocycles. The summed E-state index contributed by atoms with van der Waals surface area (Å²) in [5.41, 5.74) is 0.641. The minimum Gasteiger partial charge on any atom is -0.334 e. The van der Waals surface area contributed by atoms with Gasteiger partial charge in [0.25, 0.3) is 0 Å². The van der Waals surface area contributed by atoms with Crippen LogP contribution in [0, 0.1) is 11.3 Å². The smallest absolute Gasteiger partial charge is 0.314 e. The van der Waals surface area contributed by atoms with Crippen molar-refractivity contribution < 1.29 is 13.5 Å². The van der Waals surface area contributed by atoms with E-state index >= 15 is 0 Å². The second-order valence-corrected chi connectivity index (χ2v) is 5.79. The Balaban J connectivity index is 2.13. The molecule has 1 unspecified atom stereocenters. The summed E-state index contributed by atoms with van der Waals surface area (Å²) in [4.78, 5) is 29.8. The van der Waals surface area contributed by atoms with Crippen LogP contribution in [0.5, 0.6) is 0 Å². The number of hydrogen-bond acceptors (Lipinski definition) is 6. The van der Waals surface area contributed by atoms with Gasteiger partial charge in [-0.05, 0) is 18.8 Å². The van der Waals surface area contributed by atoms with Gasteiger partial charge in [-0.1, -0.05) is 6.92 Å². The summed E-state index contributed by atoms with van der Waals surface area (Å²) in [7, 11) is 0. The maximum absolute atomic E-state index is 12.5. The molecule has 2 amide bonds. The number of aromatic nitrogens is 1. The van der Waals surface area contributed by atoms with Crippen LogP contribution in [0.1, 0.15) is 25.3 Å². The molecule has 2 rings (SSSR count). The zero-order valence-corrected chi connectivity index (χ0v) is 13.5. The first-order chi connectivity index (χ1) is 11.1. The quantitative estimate of drug-likeness (QED) is 0.444. The van der Waals surface area contributed by atoms with Crippen molar-refractivity contribution in [3.8, 4) is 0 Å². The van der Waals surface area contributed by atoms with E-state index < -0.39 is 11.8 Å². The maximum atomic E-state index is 12.5. The maximum Gasteiger partial charge on any atom is 0.314 e. The van der Waals surface area contributed by atoms with Gasteiger partial charge in [-0.25, -0.2) is 0 Å². The molecule has 124 valence electrons. The molecule has 1 atom stereocenters. The van der Waals surface area contributed by atoms with Crippen LogP contribution in [0.3, 0.4) is 0 Å². The summed E-state index contributed by atoms with van der Waals surface area (Å²) in [5.74, 6) is -1.05. The highest BCUT2D eigenvalue weighted by Gasteiger charge is 2.26. The number of likely N-dealkylation sites (tertiary alicyclic amines) is 1. The normalized spacial score (nSPS) is 17.5. The Kier molecular flexibility index (Phi) is 5.91. The average Bonchev–Trinajstić information content (AvgIpc) is 2.55. The van der Waals surface area contributed by atoms with Gasteiger partial charge < -0.3 is 15.6 Å². The average molecular weight is 339 g/mol. The fourth-order valence-corrected chi connectivity index (χ4v) is 2.83. The molecule has 9 heteroatoms. The molecule has 0 saturated carbocycles. The number of pyridine rings is 1. The summed E-state index contributed by atoms with van der Waals surface area (Å²) in [6, 6.07) is 0. The molecule has 0 radical (unpaired) electrons. The van der Waals surface area contributed by atoms with E-state index in [2.05, 4.69) is 15.0 Å². The van der Waals surface area contributed by atoms with E-state index in [1.165, 1.54) is 17.3 Å². The van der Waals surface area contributed by atoms with Crippen molar-refractivity contribution in [3.05, 3.63) is 18.0 Å². The molecular formula is C14H18FN5O2S. The summed E-state index contributed by atoms with van der Waals surface area (Å²) >= 11 is -0.165. The van der Waals surface area contributed by atoms with Crippen molar-refractivity contribution in [3.63, 3.8) is 0 Å². The molecule has 0 bridgehead atoms. The third-order valence-corrected chi connectivity index (χ3v) is 3.94. The van der Waals surface area contributed by atoms with Crippen molar-refractivity contribution in [2.45, 2.75) is 19.8 Å². The van der Waals surface area contributed by atoms with Gasteiger partial charge in [-0.3, -0.25) is 19.3 Å². The second kappa shape index (κ2) is 7.91. The molecule has 1 aromatic heterocycles. The molecule has 1 fully saturated rings. The lowest BCUT2D eigenvalue weighted by Crippen LogP contribution is -2.44. The van der Waals surface area contributed by atoms with E-state index in [4.69, 9.17) is 5.41 Å². The van der Waals surface area contributed by atoms with Crippen molar-refractivity contribution >= 4 is 41.7 Å². The van der Waals surface area contributed by atoms with Gasteiger partial charge >= 0.3 is 11.8 Å². The SMILES string of the molecule is CC1CCCN(C(=O)C(=O)Nc2cncc(C=N)c2NSF)C1. The summed E-state index contributed by atoms with van der Waals surface area (Å²) < 4.78 is 14.9. The van der Waals surface area contributed by atoms with Crippen LogP contribution in [-0.2, 0) is 9.59 Å². The van der Waals surface area contributed by atoms with Gasteiger partial charge in [0.2, 0.25) is 0 Å². The van der Waals surface area contributed by atoms with Crippen LogP contribution in [-0.4, -0.2) is 41.0 Å². The van der Waals surface area contributed by atoms with Gasteiger partial charge in [0.1, 0.15) is 0 Å². The molecule has 7 nitrogen and oxygen atoms in total. The Bertz CT molecular complexity index is 613. The highest BCUT2D eigenvalue weighted by atomic mass is 32.2. The number of nitrogens with one attached hydrogen (secondary N) is 3. The molecule has 1 aliphatic rings. The number of anilines is 2. The predicted octanol–water partition coefficient (Wildman–Crippen LogP) is 2.22. The summed E-state index contributed by atoms with van der Waals surface area (Å²) in [6.07, 6.45) is 5.55. The number of hydrogen-bond donors (Lipinski definition) is 3. The fourth-order valence-electron chi connectivity index (χ4n) is 2.53. The molecule has 1 aliphatic heterocycles. The molecule has 0 aliphatic carbocycles. The molecule has 1 aromatic rings. The van der Waals surface area contributed by atoms with Gasteiger partial charge in [-0.15, -0.1) is 3.89 Å². The third-order valence-electron chi connectivity index (χ3n) is 3.66. The van der Waals surface area contributed by atoms with E-state index in [1.807, 2.05) is 6.92 Å². The highest BCUT2D eigenvalue weighted by Crippen LogP contribution is 2.27.